The highest BCUT2D eigenvalue weighted by Crippen LogP contribution is 2.38. The first-order valence-corrected chi connectivity index (χ1v) is 5.47. The second-order valence-corrected chi connectivity index (χ2v) is 4.69. The van der Waals surface area contributed by atoms with Gasteiger partial charge in [0.25, 0.3) is 0 Å². The lowest BCUT2D eigenvalue weighted by Gasteiger charge is -2.24. The van der Waals surface area contributed by atoms with Crippen LogP contribution in [-0.2, 0) is 4.79 Å². The van der Waals surface area contributed by atoms with Crippen molar-refractivity contribution in [2.24, 2.45) is 0 Å². The number of benzene rings is 1. The molecule has 0 atom stereocenters. The van der Waals surface area contributed by atoms with Crippen LogP contribution in [0.3, 0.4) is 0 Å². The highest BCUT2D eigenvalue weighted by molar-refractivity contribution is 9.10. The van der Waals surface area contributed by atoms with E-state index in [4.69, 9.17) is 4.63 Å². The van der Waals surface area contributed by atoms with Crippen LogP contribution in [0.5, 0.6) is 0 Å². The highest BCUT2D eigenvalue weighted by Gasteiger charge is 2.30. The van der Waals surface area contributed by atoms with Gasteiger partial charge in [0.05, 0.1) is 0 Å². The molecule has 0 radical (unpaired) electrons. The fourth-order valence-corrected chi connectivity index (χ4v) is 2.36. The average molecular weight is 267 g/mol. The van der Waals surface area contributed by atoms with Crippen molar-refractivity contribution >= 4 is 32.7 Å². The van der Waals surface area contributed by atoms with Gasteiger partial charge >= 0.3 is 0 Å². The molecule has 1 heterocycles. The van der Waals surface area contributed by atoms with E-state index in [1.165, 1.54) is 0 Å². The van der Waals surface area contributed by atoms with E-state index < -0.39 is 0 Å². The summed E-state index contributed by atoms with van der Waals surface area (Å²) in [7, 11) is 0. The first-order valence-electron chi connectivity index (χ1n) is 4.67. The molecule has 2 aromatic rings. The summed E-state index contributed by atoms with van der Waals surface area (Å²) in [6, 6.07) is 3.85. The van der Waals surface area contributed by atoms with Crippen molar-refractivity contribution in [2.75, 3.05) is 0 Å². The number of fused-ring (bicyclic) bond motifs is 1. The number of hydrogen-bond acceptors (Lipinski definition) is 4. The standard InChI is InChI=1S/C10H7BrN2O2/c11-6-3-8(5-1-7(14)2-5)10-9(4-6)12-15-13-10/h3-5H,1-2H2. The van der Waals surface area contributed by atoms with Crippen molar-refractivity contribution < 1.29 is 9.42 Å². The lowest BCUT2D eigenvalue weighted by atomic mass is 9.78. The van der Waals surface area contributed by atoms with E-state index in [1.807, 2.05) is 12.1 Å². The third-order valence-corrected chi connectivity index (χ3v) is 3.20. The van der Waals surface area contributed by atoms with E-state index in [1.54, 1.807) is 0 Å². The summed E-state index contributed by atoms with van der Waals surface area (Å²) in [6.45, 7) is 0. The number of carbonyl (C=O) groups is 1. The van der Waals surface area contributed by atoms with Crippen LogP contribution in [0.25, 0.3) is 11.0 Å². The van der Waals surface area contributed by atoms with Crippen LogP contribution in [0, 0.1) is 0 Å². The molecule has 1 aliphatic carbocycles. The zero-order valence-electron chi connectivity index (χ0n) is 7.74. The summed E-state index contributed by atoms with van der Waals surface area (Å²) in [4.78, 5) is 11.0. The SMILES string of the molecule is O=C1CC(c2cc(Br)cc3nonc23)C1. The molecule has 1 fully saturated rings. The van der Waals surface area contributed by atoms with Gasteiger partial charge < -0.3 is 0 Å². The van der Waals surface area contributed by atoms with Crippen LogP contribution in [0.15, 0.2) is 21.2 Å². The number of hydrogen-bond donors (Lipinski definition) is 0. The first-order chi connectivity index (χ1) is 7.24. The molecule has 76 valence electrons. The molecule has 1 aromatic heterocycles. The van der Waals surface area contributed by atoms with Gasteiger partial charge in [-0.25, -0.2) is 4.63 Å². The van der Waals surface area contributed by atoms with Crippen LogP contribution in [0.2, 0.25) is 0 Å². The normalized spacial score (nSPS) is 17.0. The largest absolute Gasteiger partial charge is 0.300 e. The van der Waals surface area contributed by atoms with E-state index >= 15 is 0 Å². The number of carbonyl (C=O) groups excluding carboxylic acids is 1. The van der Waals surface area contributed by atoms with E-state index in [9.17, 15) is 4.79 Å². The minimum Gasteiger partial charge on any atom is -0.300 e. The first kappa shape index (κ1) is 9.03. The molecule has 0 aliphatic heterocycles. The quantitative estimate of drug-likeness (QED) is 0.796. The Morgan fingerprint density at radius 3 is 2.87 bits per heavy atom. The molecule has 3 rings (SSSR count). The van der Waals surface area contributed by atoms with Gasteiger partial charge in [-0.3, -0.25) is 4.79 Å². The Kier molecular flexibility index (Phi) is 1.88. The number of halogens is 1. The van der Waals surface area contributed by atoms with E-state index in [0.717, 1.165) is 21.1 Å². The Morgan fingerprint density at radius 1 is 1.33 bits per heavy atom. The van der Waals surface area contributed by atoms with Crippen LogP contribution >= 0.6 is 15.9 Å². The number of aromatic nitrogens is 2. The Balaban J connectivity index is 2.15. The number of ketones is 1. The van der Waals surface area contributed by atoms with Crippen LogP contribution in [-0.4, -0.2) is 16.1 Å². The maximum absolute atomic E-state index is 11.0. The summed E-state index contributed by atoms with van der Waals surface area (Å²) in [5.41, 5.74) is 2.56. The molecule has 1 saturated carbocycles. The van der Waals surface area contributed by atoms with Crippen molar-refractivity contribution in [1.29, 1.82) is 0 Å². The summed E-state index contributed by atoms with van der Waals surface area (Å²) in [5, 5.41) is 7.67. The lowest BCUT2D eigenvalue weighted by Crippen LogP contribution is -2.21. The van der Waals surface area contributed by atoms with Gasteiger partial charge in [-0.2, -0.15) is 0 Å². The van der Waals surface area contributed by atoms with Crippen molar-refractivity contribution in [2.45, 2.75) is 18.8 Å². The second-order valence-electron chi connectivity index (χ2n) is 3.77. The third-order valence-electron chi connectivity index (χ3n) is 2.74. The maximum Gasteiger partial charge on any atom is 0.138 e. The zero-order chi connectivity index (χ0) is 10.4. The molecule has 5 heteroatoms. The zero-order valence-corrected chi connectivity index (χ0v) is 9.32. The summed E-state index contributed by atoms with van der Waals surface area (Å²) in [5.74, 6) is 0.592. The topological polar surface area (TPSA) is 56.0 Å². The summed E-state index contributed by atoms with van der Waals surface area (Å²) < 4.78 is 5.64. The fourth-order valence-electron chi connectivity index (χ4n) is 1.90. The molecule has 0 saturated heterocycles. The van der Waals surface area contributed by atoms with E-state index in [2.05, 4.69) is 26.2 Å². The average Bonchev–Trinajstić information content (AvgIpc) is 2.59. The Labute approximate surface area is 93.7 Å². The van der Waals surface area contributed by atoms with Crippen molar-refractivity contribution in [3.8, 4) is 0 Å². The van der Waals surface area contributed by atoms with Crippen molar-refractivity contribution in [3.05, 3.63) is 22.2 Å². The molecular formula is C10H7BrN2O2. The van der Waals surface area contributed by atoms with Crippen molar-refractivity contribution in [3.63, 3.8) is 0 Å². The molecule has 4 nitrogen and oxygen atoms in total. The molecule has 1 aromatic carbocycles. The molecule has 15 heavy (non-hydrogen) atoms. The van der Waals surface area contributed by atoms with Gasteiger partial charge in [0.2, 0.25) is 0 Å². The second kappa shape index (κ2) is 3.13. The number of nitrogens with zero attached hydrogens (tertiary/aromatic N) is 2. The highest BCUT2D eigenvalue weighted by atomic mass is 79.9. The Hall–Kier alpha value is -1.23. The third kappa shape index (κ3) is 1.38. The Bertz CT molecular complexity index is 541. The molecule has 1 aliphatic rings. The smallest absolute Gasteiger partial charge is 0.138 e. The molecule has 0 spiro atoms. The van der Waals surface area contributed by atoms with Crippen LogP contribution in [0.4, 0.5) is 0 Å². The van der Waals surface area contributed by atoms with Gasteiger partial charge in [-0.1, -0.05) is 15.9 Å². The van der Waals surface area contributed by atoms with E-state index in [0.29, 0.717) is 18.6 Å². The summed E-state index contributed by atoms with van der Waals surface area (Å²) in [6.07, 6.45) is 1.22. The monoisotopic (exact) mass is 266 g/mol. The predicted octanol–water partition coefficient (Wildman–Crippen LogP) is 2.43. The van der Waals surface area contributed by atoms with Gasteiger partial charge in [-0.05, 0) is 33.9 Å². The van der Waals surface area contributed by atoms with Crippen LogP contribution in [0.1, 0.15) is 24.3 Å². The van der Waals surface area contributed by atoms with Crippen LogP contribution < -0.4 is 0 Å². The molecule has 0 N–H and O–H groups in total. The minimum atomic E-state index is 0.282. The molecule has 0 bridgehead atoms. The fraction of sp³-hybridized carbons (Fsp3) is 0.300. The minimum absolute atomic E-state index is 0.282. The van der Waals surface area contributed by atoms with Gasteiger partial charge in [0.1, 0.15) is 16.8 Å². The summed E-state index contributed by atoms with van der Waals surface area (Å²) >= 11 is 3.41. The van der Waals surface area contributed by atoms with Gasteiger partial charge in [0.15, 0.2) is 0 Å². The lowest BCUT2D eigenvalue weighted by molar-refractivity contribution is -0.124. The van der Waals surface area contributed by atoms with E-state index in [-0.39, 0.29) is 5.92 Å². The van der Waals surface area contributed by atoms with Gasteiger partial charge in [0, 0.05) is 17.3 Å². The number of Topliss-reactive ketones (excluding diaryl/α,β-unsaturated/α-hetero) is 1. The molecule has 0 amide bonds. The molecular weight excluding hydrogens is 260 g/mol. The number of rotatable bonds is 1. The van der Waals surface area contributed by atoms with Crippen molar-refractivity contribution in [1.82, 2.24) is 10.3 Å². The molecule has 0 unspecified atom stereocenters. The predicted molar refractivity (Wildman–Crippen MR) is 56.5 cm³/mol. The maximum atomic E-state index is 11.0. The Morgan fingerprint density at radius 2 is 2.13 bits per heavy atom. The van der Waals surface area contributed by atoms with Gasteiger partial charge in [-0.15, -0.1) is 0 Å².